The zero-order valence-corrected chi connectivity index (χ0v) is 10.5. The van der Waals surface area contributed by atoms with Crippen LogP contribution in [0.15, 0.2) is 24.3 Å². The molecule has 0 saturated carbocycles. The van der Waals surface area contributed by atoms with Crippen LogP contribution in [0.2, 0.25) is 0 Å². The topological polar surface area (TPSA) is 90.4 Å². The van der Waals surface area contributed by atoms with Crippen LogP contribution < -0.4 is 21.5 Å². The highest BCUT2D eigenvalue weighted by Crippen LogP contribution is 2.15. The van der Waals surface area contributed by atoms with E-state index in [-0.39, 0.29) is 12.3 Å². The van der Waals surface area contributed by atoms with Crippen molar-refractivity contribution in [2.24, 2.45) is 11.5 Å². The first-order valence-corrected chi connectivity index (χ1v) is 6.17. The number of benzene rings is 1. The lowest BCUT2D eigenvalue weighted by Crippen LogP contribution is -2.14. The summed E-state index contributed by atoms with van der Waals surface area (Å²) in [6, 6.07) is 7.63. The van der Waals surface area contributed by atoms with Gasteiger partial charge in [-0.15, -0.1) is 0 Å². The van der Waals surface area contributed by atoms with Gasteiger partial charge in [-0.25, -0.2) is 0 Å². The third-order valence-corrected chi connectivity index (χ3v) is 2.43. The van der Waals surface area contributed by atoms with Crippen molar-refractivity contribution in [3.8, 4) is 5.75 Å². The number of rotatable bonds is 9. The van der Waals surface area contributed by atoms with Crippen molar-refractivity contribution in [3.05, 3.63) is 24.3 Å². The maximum absolute atomic E-state index is 10.5. The third-order valence-electron chi connectivity index (χ3n) is 2.43. The Bertz CT molecular complexity index is 352. The molecule has 0 radical (unpaired) electrons. The number of primary amides is 1. The number of nitrogens with two attached hydrogens (primary N) is 2. The molecule has 18 heavy (non-hydrogen) atoms. The first-order valence-electron chi connectivity index (χ1n) is 6.17. The van der Waals surface area contributed by atoms with Gasteiger partial charge in [0, 0.05) is 12.2 Å². The summed E-state index contributed by atoms with van der Waals surface area (Å²) in [6.07, 6.45) is 2.33. The van der Waals surface area contributed by atoms with Crippen LogP contribution in [0.25, 0.3) is 0 Å². The Morgan fingerprint density at radius 3 is 2.56 bits per heavy atom. The van der Waals surface area contributed by atoms with E-state index in [0.29, 0.717) is 6.61 Å². The number of carbonyl (C=O) groups is 1. The van der Waals surface area contributed by atoms with Crippen molar-refractivity contribution in [3.63, 3.8) is 0 Å². The van der Waals surface area contributed by atoms with Gasteiger partial charge in [-0.1, -0.05) is 0 Å². The molecule has 0 aromatic heterocycles. The molecule has 1 aromatic rings. The normalized spacial score (nSPS) is 10.1. The van der Waals surface area contributed by atoms with Crippen LogP contribution in [0.1, 0.15) is 19.3 Å². The molecule has 0 atom stereocenters. The van der Waals surface area contributed by atoms with Crippen molar-refractivity contribution >= 4 is 11.6 Å². The second-order valence-electron chi connectivity index (χ2n) is 4.01. The van der Waals surface area contributed by atoms with Gasteiger partial charge >= 0.3 is 0 Å². The van der Waals surface area contributed by atoms with Crippen molar-refractivity contribution in [2.75, 3.05) is 25.0 Å². The number of nitrogens with one attached hydrogen (secondary N) is 1. The van der Waals surface area contributed by atoms with Gasteiger partial charge in [0.15, 0.2) is 0 Å². The van der Waals surface area contributed by atoms with Gasteiger partial charge in [0.25, 0.3) is 0 Å². The second kappa shape index (κ2) is 8.36. The monoisotopic (exact) mass is 251 g/mol. The van der Waals surface area contributed by atoms with E-state index >= 15 is 0 Å². The fourth-order valence-electron chi connectivity index (χ4n) is 1.44. The van der Waals surface area contributed by atoms with Crippen LogP contribution in [-0.4, -0.2) is 25.6 Å². The van der Waals surface area contributed by atoms with E-state index in [1.54, 1.807) is 0 Å². The molecule has 5 heteroatoms. The number of hydrogen-bond donors (Lipinski definition) is 3. The van der Waals surface area contributed by atoms with E-state index in [1.165, 1.54) is 0 Å². The number of unbranched alkanes of at least 4 members (excludes halogenated alkanes) is 1. The standard InChI is InChI=1S/C13H21N3O2/c14-8-1-2-9-16-11-3-5-12(6-4-11)18-10-7-13(15)17/h3-6,16H,1-2,7-10,14H2,(H2,15,17). The Balaban J connectivity index is 2.26. The summed E-state index contributed by atoms with van der Waals surface area (Å²) in [5.41, 5.74) is 11.5. The molecule has 0 bridgehead atoms. The zero-order valence-electron chi connectivity index (χ0n) is 10.5. The first-order chi connectivity index (χ1) is 8.72. The van der Waals surface area contributed by atoms with Gasteiger partial charge in [0.05, 0.1) is 13.0 Å². The Labute approximate surface area is 107 Å². The third kappa shape index (κ3) is 6.10. The summed E-state index contributed by atoms with van der Waals surface area (Å²) in [7, 11) is 0. The molecule has 0 spiro atoms. The van der Waals surface area contributed by atoms with Gasteiger partial charge in [-0.3, -0.25) is 4.79 Å². The Kier molecular flexibility index (Phi) is 6.64. The van der Waals surface area contributed by atoms with Gasteiger partial charge in [-0.05, 0) is 43.7 Å². The predicted molar refractivity (Wildman–Crippen MR) is 72.5 cm³/mol. The van der Waals surface area contributed by atoms with E-state index in [1.807, 2.05) is 24.3 Å². The van der Waals surface area contributed by atoms with Gasteiger partial charge in [0.1, 0.15) is 5.75 Å². The molecule has 0 fully saturated rings. The van der Waals surface area contributed by atoms with Crippen LogP contribution >= 0.6 is 0 Å². The SMILES string of the molecule is NCCCCNc1ccc(OCCC(N)=O)cc1. The lowest BCUT2D eigenvalue weighted by Gasteiger charge is -2.08. The molecule has 0 aliphatic rings. The first kappa shape index (κ1) is 14.3. The molecule has 0 unspecified atom stereocenters. The average Bonchev–Trinajstić information content (AvgIpc) is 2.36. The highest BCUT2D eigenvalue weighted by molar-refractivity contribution is 5.73. The summed E-state index contributed by atoms with van der Waals surface area (Å²) in [6.45, 7) is 1.96. The second-order valence-corrected chi connectivity index (χ2v) is 4.01. The molecule has 100 valence electrons. The largest absolute Gasteiger partial charge is 0.493 e. The highest BCUT2D eigenvalue weighted by Gasteiger charge is 1.97. The van der Waals surface area contributed by atoms with E-state index in [9.17, 15) is 4.79 Å². The van der Waals surface area contributed by atoms with E-state index < -0.39 is 0 Å². The van der Waals surface area contributed by atoms with E-state index in [2.05, 4.69) is 5.32 Å². The average molecular weight is 251 g/mol. The van der Waals surface area contributed by atoms with E-state index in [4.69, 9.17) is 16.2 Å². The van der Waals surface area contributed by atoms with Crippen LogP contribution in [0.4, 0.5) is 5.69 Å². The maximum Gasteiger partial charge on any atom is 0.220 e. The Morgan fingerprint density at radius 1 is 1.22 bits per heavy atom. The molecule has 1 rings (SSSR count). The lowest BCUT2D eigenvalue weighted by atomic mass is 10.2. The molecule has 1 aromatic carbocycles. The summed E-state index contributed by atoms with van der Waals surface area (Å²) in [4.78, 5) is 10.5. The Hall–Kier alpha value is -1.75. The summed E-state index contributed by atoms with van der Waals surface area (Å²) in [5.74, 6) is 0.386. The van der Waals surface area contributed by atoms with Crippen LogP contribution in [0.5, 0.6) is 5.75 Å². The molecule has 0 saturated heterocycles. The maximum atomic E-state index is 10.5. The number of hydrogen-bond acceptors (Lipinski definition) is 4. The number of ether oxygens (including phenoxy) is 1. The van der Waals surface area contributed by atoms with Gasteiger partial charge in [-0.2, -0.15) is 0 Å². The van der Waals surface area contributed by atoms with Crippen molar-refractivity contribution in [2.45, 2.75) is 19.3 Å². The number of amides is 1. The number of carbonyl (C=O) groups excluding carboxylic acids is 1. The van der Waals surface area contributed by atoms with Crippen molar-refractivity contribution < 1.29 is 9.53 Å². The lowest BCUT2D eigenvalue weighted by molar-refractivity contribution is -0.118. The molecular weight excluding hydrogens is 230 g/mol. The van der Waals surface area contributed by atoms with E-state index in [0.717, 1.165) is 37.4 Å². The smallest absolute Gasteiger partial charge is 0.220 e. The summed E-state index contributed by atoms with van der Waals surface area (Å²) < 4.78 is 5.37. The molecular formula is C13H21N3O2. The Morgan fingerprint density at radius 2 is 1.94 bits per heavy atom. The molecule has 5 nitrogen and oxygen atoms in total. The summed E-state index contributed by atoms with van der Waals surface area (Å²) >= 11 is 0. The molecule has 0 aliphatic heterocycles. The quantitative estimate of drug-likeness (QED) is 0.573. The van der Waals surface area contributed by atoms with Crippen molar-refractivity contribution in [1.82, 2.24) is 0 Å². The molecule has 0 heterocycles. The van der Waals surface area contributed by atoms with Gasteiger partial charge < -0.3 is 21.5 Å². The van der Waals surface area contributed by atoms with Crippen LogP contribution in [0.3, 0.4) is 0 Å². The molecule has 5 N–H and O–H groups in total. The minimum Gasteiger partial charge on any atom is -0.493 e. The molecule has 0 aliphatic carbocycles. The number of anilines is 1. The molecule has 1 amide bonds. The van der Waals surface area contributed by atoms with Gasteiger partial charge in [0.2, 0.25) is 5.91 Å². The van der Waals surface area contributed by atoms with Crippen molar-refractivity contribution in [1.29, 1.82) is 0 Å². The predicted octanol–water partition coefficient (Wildman–Crippen LogP) is 1.09. The minimum absolute atomic E-state index is 0.235. The van der Waals surface area contributed by atoms with Crippen LogP contribution in [-0.2, 0) is 4.79 Å². The zero-order chi connectivity index (χ0) is 13.2. The fourth-order valence-corrected chi connectivity index (χ4v) is 1.44. The highest BCUT2D eigenvalue weighted by atomic mass is 16.5. The summed E-state index contributed by atoms with van der Waals surface area (Å²) in [5, 5.41) is 3.30. The fraction of sp³-hybridized carbons (Fsp3) is 0.462. The minimum atomic E-state index is -0.354. The van der Waals surface area contributed by atoms with Crippen LogP contribution in [0, 0.1) is 0 Å².